The molecule has 4 N–H and O–H groups in total. The molecule has 20 heavy (non-hydrogen) atoms. The van der Waals surface area contributed by atoms with E-state index in [-0.39, 0.29) is 24.2 Å². The van der Waals surface area contributed by atoms with Gasteiger partial charge in [-0.1, -0.05) is 26.0 Å². The molecule has 1 aromatic rings. The number of para-hydroxylation sites is 1. The van der Waals surface area contributed by atoms with Gasteiger partial charge < -0.3 is 16.4 Å². The summed E-state index contributed by atoms with van der Waals surface area (Å²) in [6.45, 7) is 6.22. The summed E-state index contributed by atoms with van der Waals surface area (Å²) in [5.74, 6) is -0.145. The summed E-state index contributed by atoms with van der Waals surface area (Å²) >= 11 is 0. The molecule has 1 unspecified atom stereocenters. The molecule has 0 aliphatic rings. The van der Waals surface area contributed by atoms with Gasteiger partial charge in [-0.2, -0.15) is 0 Å². The van der Waals surface area contributed by atoms with Gasteiger partial charge >= 0.3 is 0 Å². The van der Waals surface area contributed by atoms with Crippen molar-refractivity contribution in [1.29, 1.82) is 0 Å². The molecule has 1 rings (SSSR count). The third-order valence-corrected chi connectivity index (χ3v) is 2.51. The SMILES string of the molecule is CC(C)CNC(=O)c1ccccc1NC(=O)C(C)N.Cl. The molecule has 0 fully saturated rings. The van der Waals surface area contributed by atoms with Gasteiger partial charge in [0.05, 0.1) is 17.3 Å². The average Bonchev–Trinajstić information content (AvgIpc) is 2.36. The zero-order valence-electron chi connectivity index (χ0n) is 12.0. The van der Waals surface area contributed by atoms with Gasteiger partial charge in [0.2, 0.25) is 5.91 Å². The van der Waals surface area contributed by atoms with E-state index in [0.29, 0.717) is 23.7 Å². The van der Waals surface area contributed by atoms with Crippen molar-refractivity contribution in [1.82, 2.24) is 5.32 Å². The van der Waals surface area contributed by atoms with Gasteiger partial charge in [-0.3, -0.25) is 9.59 Å². The molecule has 1 atom stereocenters. The monoisotopic (exact) mass is 299 g/mol. The van der Waals surface area contributed by atoms with Gasteiger partial charge in [-0.05, 0) is 25.0 Å². The number of halogens is 1. The highest BCUT2D eigenvalue weighted by atomic mass is 35.5. The van der Waals surface area contributed by atoms with Crippen LogP contribution in [0.4, 0.5) is 5.69 Å². The lowest BCUT2D eigenvalue weighted by Crippen LogP contribution is -2.34. The summed E-state index contributed by atoms with van der Waals surface area (Å²) in [6, 6.07) is 6.26. The van der Waals surface area contributed by atoms with Gasteiger partial charge in [-0.25, -0.2) is 0 Å². The zero-order chi connectivity index (χ0) is 14.4. The van der Waals surface area contributed by atoms with Crippen molar-refractivity contribution in [2.45, 2.75) is 26.8 Å². The van der Waals surface area contributed by atoms with Gasteiger partial charge in [-0.15, -0.1) is 12.4 Å². The van der Waals surface area contributed by atoms with E-state index < -0.39 is 6.04 Å². The van der Waals surface area contributed by atoms with Crippen molar-refractivity contribution in [3.63, 3.8) is 0 Å². The second-order valence-electron chi connectivity index (χ2n) is 4.93. The second-order valence-corrected chi connectivity index (χ2v) is 4.93. The number of carbonyl (C=O) groups is 2. The van der Waals surface area contributed by atoms with Gasteiger partial charge in [0.25, 0.3) is 5.91 Å². The van der Waals surface area contributed by atoms with E-state index in [2.05, 4.69) is 10.6 Å². The molecule has 5 nitrogen and oxygen atoms in total. The number of carbonyl (C=O) groups excluding carboxylic acids is 2. The summed E-state index contributed by atoms with van der Waals surface area (Å²) < 4.78 is 0. The first-order valence-electron chi connectivity index (χ1n) is 6.35. The maximum atomic E-state index is 12.0. The van der Waals surface area contributed by atoms with Crippen molar-refractivity contribution in [3.05, 3.63) is 29.8 Å². The predicted molar refractivity (Wildman–Crippen MR) is 83.1 cm³/mol. The van der Waals surface area contributed by atoms with E-state index >= 15 is 0 Å². The Morgan fingerprint density at radius 1 is 1.20 bits per heavy atom. The number of nitrogens with one attached hydrogen (secondary N) is 2. The number of anilines is 1. The molecule has 0 saturated carbocycles. The molecular formula is C14H22ClN3O2. The summed E-state index contributed by atoms with van der Waals surface area (Å²) in [7, 11) is 0. The molecule has 2 amide bonds. The zero-order valence-corrected chi connectivity index (χ0v) is 12.8. The maximum Gasteiger partial charge on any atom is 0.253 e. The van der Waals surface area contributed by atoms with Gasteiger partial charge in [0.1, 0.15) is 0 Å². The molecule has 0 saturated heterocycles. The minimum absolute atomic E-state index is 0. The lowest BCUT2D eigenvalue weighted by Gasteiger charge is -2.13. The molecule has 0 bridgehead atoms. The van der Waals surface area contributed by atoms with Crippen LogP contribution in [0.15, 0.2) is 24.3 Å². The summed E-state index contributed by atoms with van der Waals surface area (Å²) in [4.78, 5) is 23.6. The highest BCUT2D eigenvalue weighted by Gasteiger charge is 2.14. The Hall–Kier alpha value is -1.59. The molecule has 6 heteroatoms. The molecule has 0 heterocycles. The van der Waals surface area contributed by atoms with Crippen LogP contribution in [0.2, 0.25) is 0 Å². The van der Waals surface area contributed by atoms with E-state index in [9.17, 15) is 9.59 Å². The fourth-order valence-corrected chi connectivity index (χ4v) is 1.43. The third kappa shape index (κ3) is 5.59. The first-order chi connectivity index (χ1) is 8.91. The summed E-state index contributed by atoms with van der Waals surface area (Å²) in [5.41, 5.74) is 6.42. The van der Waals surface area contributed by atoms with Crippen LogP contribution in [0.1, 0.15) is 31.1 Å². The molecule has 1 aromatic carbocycles. The molecule has 0 spiro atoms. The topological polar surface area (TPSA) is 84.2 Å². The second kappa shape index (κ2) is 8.55. The summed E-state index contributed by atoms with van der Waals surface area (Å²) in [5, 5.41) is 5.47. The van der Waals surface area contributed by atoms with Crippen LogP contribution < -0.4 is 16.4 Å². The highest BCUT2D eigenvalue weighted by Crippen LogP contribution is 2.15. The Kier molecular flexibility index (Phi) is 7.87. The van der Waals surface area contributed by atoms with E-state index in [1.54, 1.807) is 31.2 Å². The molecular weight excluding hydrogens is 278 g/mol. The van der Waals surface area contributed by atoms with Crippen molar-refractivity contribution >= 4 is 29.9 Å². The fraction of sp³-hybridized carbons (Fsp3) is 0.429. The fourth-order valence-electron chi connectivity index (χ4n) is 1.43. The van der Waals surface area contributed by atoms with Crippen LogP contribution in [0, 0.1) is 5.92 Å². The number of benzene rings is 1. The highest BCUT2D eigenvalue weighted by molar-refractivity contribution is 6.04. The van der Waals surface area contributed by atoms with Crippen LogP contribution in [0.25, 0.3) is 0 Å². The van der Waals surface area contributed by atoms with Crippen LogP contribution in [0.3, 0.4) is 0 Å². The average molecular weight is 300 g/mol. The molecule has 0 aliphatic heterocycles. The maximum absolute atomic E-state index is 12.0. The number of hydrogen-bond donors (Lipinski definition) is 3. The molecule has 0 aliphatic carbocycles. The standard InChI is InChI=1S/C14H21N3O2.ClH/c1-9(2)8-16-14(19)11-6-4-5-7-12(11)17-13(18)10(3)15;/h4-7,9-10H,8,15H2,1-3H3,(H,16,19)(H,17,18);1H. The molecule has 0 aromatic heterocycles. The van der Waals surface area contributed by atoms with E-state index in [0.717, 1.165) is 0 Å². The van der Waals surface area contributed by atoms with Crippen molar-refractivity contribution in [2.75, 3.05) is 11.9 Å². The number of amides is 2. The van der Waals surface area contributed by atoms with Crippen LogP contribution >= 0.6 is 12.4 Å². The lowest BCUT2D eigenvalue weighted by atomic mass is 10.1. The Bertz CT molecular complexity index is 461. The Balaban J connectivity index is 0.00000361. The first-order valence-corrected chi connectivity index (χ1v) is 6.35. The minimum Gasteiger partial charge on any atom is -0.352 e. The van der Waals surface area contributed by atoms with Crippen LogP contribution in [-0.4, -0.2) is 24.4 Å². The largest absolute Gasteiger partial charge is 0.352 e. The van der Waals surface area contributed by atoms with Crippen molar-refractivity contribution in [3.8, 4) is 0 Å². The molecule has 112 valence electrons. The van der Waals surface area contributed by atoms with Crippen molar-refractivity contribution in [2.24, 2.45) is 11.7 Å². The number of nitrogens with two attached hydrogens (primary N) is 1. The Labute approximate surface area is 125 Å². The predicted octanol–water partition coefficient (Wildman–Crippen LogP) is 1.78. The normalized spacial score (nSPS) is 11.4. The molecule has 0 radical (unpaired) electrons. The number of hydrogen-bond acceptors (Lipinski definition) is 3. The van der Waals surface area contributed by atoms with Crippen LogP contribution in [0.5, 0.6) is 0 Å². The smallest absolute Gasteiger partial charge is 0.253 e. The third-order valence-electron chi connectivity index (χ3n) is 2.51. The van der Waals surface area contributed by atoms with E-state index in [4.69, 9.17) is 5.73 Å². The quantitative estimate of drug-likeness (QED) is 0.775. The Morgan fingerprint density at radius 2 is 1.80 bits per heavy atom. The first kappa shape index (κ1) is 18.4. The minimum atomic E-state index is -0.619. The van der Waals surface area contributed by atoms with E-state index in [1.807, 2.05) is 13.8 Å². The van der Waals surface area contributed by atoms with Crippen molar-refractivity contribution < 1.29 is 9.59 Å². The lowest BCUT2D eigenvalue weighted by molar-refractivity contribution is -0.117. The Morgan fingerprint density at radius 3 is 2.35 bits per heavy atom. The van der Waals surface area contributed by atoms with Crippen LogP contribution in [-0.2, 0) is 4.79 Å². The summed E-state index contributed by atoms with van der Waals surface area (Å²) in [6.07, 6.45) is 0. The van der Waals surface area contributed by atoms with Gasteiger partial charge in [0.15, 0.2) is 0 Å². The van der Waals surface area contributed by atoms with E-state index in [1.165, 1.54) is 0 Å². The number of rotatable bonds is 5. The van der Waals surface area contributed by atoms with Gasteiger partial charge in [0, 0.05) is 6.54 Å².